The van der Waals surface area contributed by atoms with Crippen molar-refractivity contribution in [1.29, 1.82) is 5.26 Å². The normalized spacial score (nSPS) is 11.4. The van der Waals surface area contributed by atoms with Gasteiger partial charge in [0.25, 0.3) is 5.91 Å². The Morgan fingerprint density at radius 2 is 1.86 bits per heavy atom. The quantitative estimate of drug-likeness (QED) is 0.214. The van der Waals surface area contributed by atoms with Gasteiger partial charge in [0.05, 0.1) is 0 Å². The number of furan rings is 1. The molecule has 35 heavy (non-hydrogen) atoms. The SMILES string of the molecule is N#C/C(=C\c1ccc(-c2ccc(F)cc2)o1)C(=O)Nc1ncc(Cc2cccc3ccccc23)s1. The van der Waals surface area contributed by atoms with Crippen LogP contribution >= 0.6 is 11.3 Å². The van der Waals surface area contributed by atoms with Crippen molar-refractivity contribution in [3.63, 3.8) is 0 Å². The second-order valence-electron chi connectivity index (χ2n) is 7.78. The predicted octanol–water partition coefficient (Wildman–Crippen LogP) is 6.83. The molecule has 1 amide bonds. The molecule has 5 rings (SSSR count). The molecule has 170 valence electrons. The van der Waals surface area contributed by atoms with E-state index < -0.39 is 5.91 Å². The second kappa shape index (κ2) is 9.75. The van der Waals surface area contributed by atoms with Gasteiger partial charge in [0.2, 0.25) is 0 Å². The molecule has 0 saturated carbocycles. The van der Waals surface area contributed by atoms with Crippen molar-refractivity contribution in [2.45, 2.75) is 6.42 Å². The summed E-state index contributed by atoms with van der Waals surface area (Å²) in [6, 6.07) is 25.5. The zero-order chi connectivity index (χ0) is 24.2. The zero-order valence-electron chi connectivity index (χ0n) is 18.4. The number of benzene rings is 3. The number of hydrogen-bond acceptors (Lipinski definition) is 5. The number of fused-ring (bicyclic) bond motifs is 1. The monoisotopic (exact) mass is 479 g/mol. The molecule has 1 N–H and O–H groups in total. The number of nitrogens with one attached hydrogen (secondary N) is 1. The van der Waals surface area contributed by atoms with Crippen LogP contribution in [-0.4, -0.2) is 10.9 Å². The van der Waals surface area contributed by atoms with Gasteiger partial charge in [0, 0.05) is 29.1 Å². The lowest BCUT2D eigenvalue weighted by atomic mass is 10.0. The molecule has 0 aliphatic heterocycles. The molecule has 5 aromatic rings. The Kier molecular flexibility index (Phi) is 6.20. The molecule has 0 atom stereocenters. The molecule has 0 bridgehead atoms. The number of halogens is 1. The van der Waals surface area contributed by atoms with Crippen LogP contribution < -0.4 is 5.32 Å². The summed E-state index contributed by atoms with van der Waals surface area (Å²) in [6.45, 7) is 0. The van der Waals surface area contributed by atoms with E-state index in [2.05, 4.69) is 34.6 Å². The van der Waals surface area contributed by atoms with Crippen LogP contribution in [0.5, 0.6) is 0 Å². The minimum Gasteiger partial charge on any atom is -0.457 e. The molecular weight excluding hydrogens is 461 g/mol. The fourth-order valence-corrected chi connectivity index (χ4v) is 4.57. The van der Waals surface area contributed by atoms with Gasteiger partial charge < -0.3 is 4.42 Å². The van der Waals surface area contributed by atoms with Gasteiger partial charge in [0.15, 0.2) is 5.13 Å². The molecule has 0 spiro atoms. The molecule has 0 unspecified atom stereocenters. The highest BCUT2D eigenvalue weighted by atomic mass is 32.1. The maximum absolute atomic E-state index is 13.1. The number of aromatic nitrogens is 1. The average molecular weight is 480 g/mol. The van der Waals surface area contributed by atoms with Gasteiger partial charge in [-0.25, -0.2) is 9.37 Å². The zero-order valence-corrected chi connectivity index (χ0v) is 19.2. The summed E-state index contributed by atoms with van der Waals surface area (Å²) in [6.07, 6.45) is 3.79. The van der Waals surface area contributed by atoms with Crippen LogP contribution in [0.3, 0.4) is 0 Å². The third-order valence-corrected chi connectivity index (χ3v) is 6.34. The molecule has 0 radical (unpaired) electrons. The Balaban J connectivity index is 1.29. The number of nitrogens with zero attached hydrogens (tertiary/aromatic N) is 2. The Bertz CT molecular complexity index is 1590. The van der Waals surface area contributed by atoms with Crippen LogP contribution in [-0.2, 0) is 11.2 Å². The van der Waals surface area contributed by atoms with Crippen LogP contribution in [0.25, 0.3) is 28.2 Å². The first-order chi connectivity index (χ1) is 17.1. The number of anilines is 1. The summed E-state index contributed by atoms with van der Waals surface area (Å²) >= 11 is 1.37. The Labute approximate surface area is 204 Å². The van der Waals surface area contributed by atoms with Crippen LogP contribution in [0, 0.1) is 17.1 Å². The lowest BCUT2D eigenvalue weighted by Crippen LogP contribution is -2.13. The van der Waals surface area contributed by atoms with Gasteiger partial charge in [-0.3, -0.25) is 10.1 Å². The van der Waals surface area contributed by atoms with Crippen molar-refractivity contribution in [3.05, 3.63) is 113 Å². The second-order valence-corrected chi connectivity index (χ2v) is 8.89. The van der Waals surface area contributed by atoms with E-state index in [1.54, 1.807) is 30.5 Å². The minimum atomic E-state index is -0.571. The predicted molar refractivity (Wildman–Crippen MR) is 135 cm³/mol. The molecule has 2 heterocycles. The number of rotatable bonds is 6. The van der Waals surface area contributed by atoms with Gasteiger partial charge in [-0.05, 0) is 52.7 Å². The first-order valence-electron chi connectivity index (χ1n) is 10.8. The van der Waals surface area contributed by atoms with Crippen molar-refractivity contribution in [2.75, 3.05) is 5.32 Å². The maximum Gasteiger partial charge on any atom is 0.268 e. The van der Waals surface area contributed by atoms with Gasteiger partial charge in [-0.1, -0.05) is 42.5 Å². The largest absolute Gasteiger partial charge is 0.457 e. The van der Waals surface area contributed by atoms with Gasteiger partial charge in [-0.2, -0.15) is 5.26 Å². The molecule has 3 aromatic carbocycles. The first kappa shape index (κ1) is 22.3. The third-order valence-electron chi connectivity index (χ3n) is 5.43. The number of hydrogen-bond donors (Lipinski definition) is 1. The topological polar surface area (TPSA) is 78.9 Å². The highest BCUT2D eigenvalue weighted by molar-refractivity contribution is 7.15. The first-order valence-corrected chi connectivity index (χ1v) is 11.6. The molecule has 2 aromatic heterocycles. The number of amides is 1. The van der Waals surface area contributed by atoms with E-state index in [0.717, 1.165) is 4.88 Å². The molecule has 0 fully saturated rings. The van der Waals surface area contributed by atoms with Crippen molar-refractivity contribution in [3.8, 4) is 17.4 Å². The van der Waals surface area contributed by atoms with E-state index in [4.69, 9.17) is 4.42 Å². The van der Waals surface area contributed by atoms with Crippen LogP contribution in [0.4, 0.5) is 9.52 Å². The summed E-state index contributed by atoms with van der Waals surface area (Å²) in [5, 5.41) is 15.0. The lowest BCUT2D eigenvalue weighted by molar-refractivity contribution is -0.112. The average Bonchev–Trinajstić information content (AvgIpc) is 3.53. The number of carbonyl (C=O) groups excluding carboxylic acids is 1. The van der Waals surface area contributed by atoms with Crippen molar-refractivity contribution in [1.82, 2.24) is 4.98 Å². The highest BCUT2D eigenvalue weighted by Crippen LogP contribution is 2.27. The Morgan fingerprint density at radius 1 is 1.06 bits per heavy atom. The molecule has 0 saturated heterocycles. The summed E-state index contributed by atoms with van der Waals surface area (Å²) in [4.78, 5) is 18.0. The smallest absolute Gasteiger partial charge is 0.268 e. The number of nitriles is 1. The van der Waals surface area contributed by atoms with Crippen molar-refractivity contribution in [2.24, 2.45) is 0 Å². The van der Waals surface area contributed by atoms with E-state index in [-0.39, 0.29) is 11.4 Å². The summed E-state index contributed by atoms with van der Waals surface area (Å²) in [5.74, 6) is -0.0663. The van der Waals surface area contributed by atoms with E-state index in [1.165, 1.54) is 45.9 Å². The fourth-order valence-electron chi connectivity index (χ4n) is 3.74. The fraction of sp³-hybridized carbons (Fsp3) is 0.0357. The Hall–Kier alpha value is -4.54. The molecule has 0 aliphatic rings. The summed E-state index contributed by atoms with van der Waals surface area (Å²) in [7, 11) is 0. The van der Waals surface area contributed by atoms with Crippen molar-refractivity contribution >= 4 is 39.2 Å². The van der Waals surface area contributed by atoms with Gasteiger partial charge in [0.1, 0.15) is 29.0 Å². The lowest BCUT2D eigenvalue weighted by Gasteiger charge is -2.04. The minimum absolute atomic E-state index is 0.115. The van der Waals surface area contributed by atoms with Gasteiger partial charge >= 0.3 is 0 Å². The van der Waals surface area contributed by atoms with Crippen LogP contribution in [0.1, 0.15) is 16.2 Å². The number of carbonyl (C=O) groups is 1. The summed E-state index contributed by atoms with van der Waals surface area (Å²) < 4.78 is 18.8. The van der Waals surface area contributed by atoms with Crippen LogP contribution in [0.15, 0.2) is 95.0 Å². The van der Waals surface area contributed by atoms with Gasteiger partial charge in [-0.15, -0.1) is 11.3 Å². The molecule has 7 heteroatoms. The number of thiazole rings is 1. The van der Waals surface area contributed by atoms with E-state index in [0.29, 0.717) is 28.6 Å². The molecule has 0 aliphatic carbocycles. The van der Waals surface area contributed by atoms with E-state index in [9.17, 15) is 14.4 Å². The van der Waals surface area contributed by atoms with Crippen molar-refractivity contribution < 1.29 is 13.6 Å². The Morgan fingerprint density at radius 3 is 2.69 bits per heavy atom. The summed E-state index contributed by atoms with van der Waals surface area (Å²) in [5.41, 5.74) is 1.75. The molecule has 5 nitrogen and oxygen atoms in total. The maximum atomic E-state index is 13.1. The highest BCUT2D eigenvalue weighted by Gasteiger charge is 2.14. The molecular formula is C28H18FN3O2S. The van der Waals surface area contributed by atoms with E-state index in [1.807, 2.05) is 24.3 Å². The van der Waals surface area contributed by atoms with Crippen LogP contribution in [0.2, 0.25) is 0 Å². The third kappa shape index (κ3) is 5.03. The van der Waals surface area contributed by atoms with E-state index >= 15 is 0 Å². The standard InChI is InChI=1S/C28H18FN3O2S/c29-22-10-8-19(9-11-22)26-13-12-23(34-26)14-21(16-30)27(33)32-28-31-17-24(35-28)15-20-6-3-5-18-4-1-2-7-25(18)20/h1-14,17H,15H2,(H,31,32,33)/b21-14+.